The molecule has 1 saturated heterocycles. The lowest BCUT2D eigenvalue weighted by Gasteiger charge is -2.48. The van der Waals surface area contributed by atoms with E-state index in [0.29, 0.717) is 0 Å². The summed E-state index contributed by atoms with van der Waals surface area (Å²) in [7, 11) is 0. The summed E-state index contributed by atoms with van der Waals surface area (Å²) in [5.74, 6) is -7.32. The summed E-state index contributed by atoms with van der Waals surface area (Å²) < 4.78 is 30.4. The van der Waals surface area contributed by atoms with Crippen LogP contribution in [0.3, 0.4) is 0 Å². The number of carbonyl (C=O) groups excluding carboxylic acids is 5. The van der Waals surface area contributed by atoms with Crippen molar-refractivity contribution in [3.8, 4) is 0 Å². The summed E-state index contributed by atoms with van der Waals surface area (Å²) in [6, 6.07) is 0. The Kier molecular flexibility index (Phi) is 7.55. The molecule has 152 valence electrons. The molecule has 0 aliphatic carbocycles. The number of hydrogen-bond donors (Lipinski definition) is 0. The van der Waals surface area contributed by atoms with Gasteiger partial charge in [-0.25, -0.2) is 0 Å². The molecule has 0 unspecified atom stereocenters. The smallest absolute Gasteiger partial charge is 0.361 e. The molecular weight excluding hydrogens is 392 g/mol. The number of alkyl halides is 1. The molecule has 0 saturated carbocycles. The molecule has 11 nitrogen and oxygen atoms in total. The molecule has 0 spiro atoms. The second kappa shape index (κ2) is 9.00. The van der Waals surface area contributed by atoms with E-state index in [0.717, 1.165) is 34.6 Å². The molecule has 0 N–H and O–H groups in total. The number of rotatable bonds is 5. The van der Waals surface area contributed by atoms with Crippen molar-refractivity contribution in [3.05, 3.63) is 0 Å². The second-order valence-corrected chi connectivity index (χ2v) is 5.87. The minimum Gasteiger partial charge on any atom is -0.454 e. The van der Waals surface area contributed by atoms with Crippen molar-refractivity contribution in [1.82, 2.24) is 0 Å². The first kappa shape index (κ1) is 22.6. The molecule has 4 atom stereocenters. The summed E-state index contributed by atoms with van der Waals surface area (Å²) >= 11 is 6.02. The van der Waals surface area contributed by atoms with Gasteiger partial charge in [0.1, 0.15) is 0 Å². The van der Waals surface area contributed by atoms with Crippen molar-refractivity contribution < 1.29 is 52.4 Å². The van der Waals surface area contributed by atoms with Crippen LogP contribution in [0.4, 0.5) is 0 Å². The third-order valence-corrected chi connectivity index (χ3v) is 3.36. The van der Waals surface area contributed by atoms with E-state index in [1.807, 2.05) is 0 Å². The van der Waals surface area contributed by atoms with Crippen LogP contribution in [0.1, 0.15) is 34.6 Å². The predicted molar refractivity (Wildman–Crippen MR) is 83.7 cm³/mol. The molecule has 27 heavy (non-hydrogen) atoms. The van der Waals surface area contributed by atoms with E-state index in [-0.39, 0.29) is 0 Å². The lowest BCUT2D eigenvalue weighted by Crippen LogP contribution is -2.70. The fraction of sp³-hybridized carbons (Fsp3) is 0.667. The summed E-state index contributed by atoms with van der Waals surface area (Å²) in [5.41, 5.74) is -1.51. The minimum absolute atomic E-state index is 0.850. The molecule has 0 bridgehead atoms. The molecule has 0 aromatic carbocycles. The molecule has 1 aliphatic heterocycles. The Morgan fingerprint density at radius 3 is 1.56 bits per heavy atom. The number of carbonyl (C=O) groups is 5. The van der Waals surface area contributed by atoms with Gasteiger partial charge in [0.2, 0.25) is 6.10 Å². The molecule has 12 heteroatoms. The maximum atomic E-state index is 11.7. The van der Waals surface area contributed by atoms with E-state index in [2.05, 4.69) is 0 Å². The van der Waals surface area contributed by atoms with Gasteiger partial charge >= 0.3 is 35.6 Å². The first-order chi connectivity index (χ1) is 12.4. The van der Waals surface area contributed by atoms with Crippen molar-refractivity contribution in [2.75, 3.05) is 0 Å². The van der Waals surface area contributed by atoms with Crippen molar-refractivity contribution >= 4 is 41.4 Å². The molecule has 1 heterocycles. The van der Waals surface area contributed by atoms with Crippen LogP contribution in [-0.2, 0) is 52.4 Å². The molecule has 1 fully saturated rings. The van der Waals surface area contributed by atoms with E-state index in [9.17, 15) is 24.0 Å². The molecule has 0 amide bonds. The van der Waals surface area contributed by atoms with Crippen molar-refractivity contribution in [2.45, 2.75) is 64.5 Å². The lowest BCUT2D eigenvalue weighted by atomic mass is 9.99. The van der Waals surface area contributed by atoms with Gasteiger partial charge in [0.15, 0.2) is 11.7 Å². The third-order valence-electron chi connectivity index (χ3n) is 3.01. The number of hydrogen-bond acceptors (Lipinski definition) is 11. The van der Waals surface area contributed by atoms with E-state index < -0.39 is 59.7 Å². The van der Waals surface area contributed by atoms with Gasteiger partial charge in [-0.2, -0.15) is 0 Å². The third kappa shape index (κ3) is 5.79. The second-order valence-electron chi connectivity index (χ2n) is 5.44. The van der Waals surface area contributed by atoms with E-state index in [1.165, 1.54) is 0 Å². The maximum absolute atomic E-state index is 11.7. The fourth-order valence-corrected chi connectivity index (χ4v) is 2.65. The van der Waals surface area contributed by atoms with Crippen LogP contribution >= 0.6 is 11.6 Å². The van der Waals surface area contributed by atoms with Gasteiger partial charge in [0.25, 0.3) is 6.29 Å². The molecule has 1 aliphatic rings. The fourth-order valence-electron chi connectivity index (χ4n) is 2.37. The van der Waals surface area contributed by atoms with Crippen LogP contribution < -0.4 is 0 Å². The van der Waals surface area contributed by atoms with Crippen molar-refractivity contribution in [3.63, 3.8) is 0 Å². The van der Waals surface area contributed by atoms with E-state index in [4.69, 9.17) is 40.0 Å². The highest BCUT2D eigenvalue weighted by atomic mass is 35.5. The highest BCUT2D eigenvalue weighted by Gasteiger charge is 2.67. The van der Waals surface area contributed by atoms with Crippen molar-refractivity contribution in [2.24, 2.45) is 0 Å². The Morgan fingerprint density at radius 2 is 1.19 bits per heavy atom. The molecule has 0 aromatic heterocycles. The van der Waals surface area contributed by atoms with Gasteiger partial charge < -0.3 is 28.4 Å². The highest BCUT2D eigenvalue weighted by Crippen LogP contribution is 2.40. The Bertz CT molecular complexity index is 615. The zero-order chi connectivity index (χ0) is 20.9. The quantitative estimate of drug-likeness (QED) is 0.264. The zero-order valence-corrected chi connectivity index (χ0v) is 15.9. The van der Waals surface area contributed by atoms with Gasteiger partial charge in [0, 0.05) is 34.6 Å². The summed E-state index contributed by atoms with van der Waals surface area (Å²) in [5, 5.41) is 0. The molecule has 1 rings (SSSR count). The van der Waals surface area contributed by atoms with Crippen LogP contribution in [-0.4, -0.2) is 59.7 Å². The minimum atomic E-state index is -2.61. The van der Waals surface area contributed by atoms with Crippen LogP contribution in [0.25, 0.3) is 0 Å². The Morgan fingerprint density at radius 1 is 0.741 bits per heavy atom. The summed E-state index contributed by atoms with van der Waals surface area (Å²) in [6.07, 6.45) is -5.28. The first-order valence-corrected chi connectivity index (χ1v) is 8.03. The number of halogens is 1. The average Bonchev–Trinajstić information content (AvgIpc) is 2.45. The molecular formula is C15H19ClO11. The van der Waals surface area contributed by atoms with Crippen LogP contribution in [0, 0.1) is 0 Å². The Balaban J connectivity index is 3.60. The number of ether oxygens (including phenoxy) is 6. The van der Waals surface area contributed by atoms with Crippen LogP contribution in [0.15, 0.2) is 0 Å². The Labute approximate surface area is 159 Å². The molecule has 0 aromatic rings. The normalized spacial score (nSPS) is 26.3. The maximum Gasteiger partial charge on any atom is 0.361 e. The first-order valence-electron chi connectivity index (χ1n) is 7.59. The average molecular weight is 411 g/mol. The lowest BCUT2D eigenvalue weighted by molar-refractivity contribution is -0.386. The summed E-state index contributed by atoms with van der Waals surface area (Å²) in [6.45, 7) is 4.93. The van der Waals surface area contributed by atoms with Crippen LogP contribution in [0.5, 0.6) is 0 Å². The van der Waals surface area contributed by atoms with Crippen molar-refractivity contribution in [1.29, 1.82) is 0 Å². The predicted octanol–water partition coefficient (Wildman–Crippen LogP) is 0.157. The summed E-state index contributed by atoms with van der Waals surface area (Å²) in [4.78, 5) is 57.8. The van der Waals surface area contributed by atoms with Gasteiger partial charge in [-0.1, -0.05) is 11.6 Å². The van der Waals surface area contributed by atoms with Gasteiger partial charge in [-0.15, -0.1) is 0 Å². The van der Waals surface area contributed by atoms with Gasteiger partial charge in [-0.05, 0) is 0 Å². The van der Waals surface area contributed by atoms with E-state index >= 15 is 0 Å². The SMILES string of the molecule is CC(=O)O[C@H]1[C@@H](OC(C)=O)C(OC(C)=O)(OC(C)=O)[C@H](OC(C)=O)O[C@@H]1Cl. The monoisotopic (exact) mass is 410 g/mol. The van der Waals surface area contributed by atoms with Gasteiger partial charge in [-0.3, -0.25) is 24.0 Å². The van der Waals surface area contributed by atoms with Gasteiger partial charge in [0.05, 0.1) is 0 Å². The van der Waals surface area contributed by atoms with E-state index in [1.54, 1.807) is 0 Å². The standard InChI is InChI=1S/C15H19ClO11/c1-6(17)22-11-12(23-7(2)18)15(26-9(4)20,27-10(5)21)14(24-8(3)19)25-13(11)16/h11-14H,1-5H3/t11-,12+,13-,14+/m0/s1. The molecule has 0 radical (unpaired) electrons. The highest BCUT2D eigenvalue weighted by molar-refractivity contribution is 6.20. The number of esters is 5. The topological polar surface area (TPSA) is 141 Å². The van der Waals surface area contributed by atoms with Crippen LogP contribution in [0.2, 0.25) is 0 Å². The Hall–Kier alpha value is -2.40. The largest absolute Gasteiger partial charge is 0.454 e. The zero-order valence-electron chi connectivity index (χ0n) is 15.2.